The molecule has 1 amide bonds. The molecule has 3 aliphatic heterocycles. The molecule has 3 fully saturated rings. The molecule has 0 spiro atoms. The highest BCUT2D eigenvalue weighted by molar-refractivity contribution is 6.05. The van der Waals surface area contributed by atoms with Gasteiger partial charge in [0.15, 0.2) is 12.1 Å². The molecular weight excluding hydrogens is 486 g/mol. The van der Waals surface area contributed by atoms with Crippen molar-refractivity contribution in [1.29, 1.82) is 0 Å². The van der Waals surface area contributed by atoms with E-state index >= 15 is 0 Å². The van der Waals surface area contributed by atoms with E-state index in [1.807, 2.05) is 98.8 Å². The van der Waals surface area contributed by atoms with Crippen molar-refractivity contribution in [2.75, 3.05) is 12.0 Å². The van der Waals surface area contributed by atoms with Gasteiger partial charge in [-0.2, -0.15) is 0 Å². The Hall–Kier alpha value is -3.43. The van der Waals surface area contributed by atoms with Crippen LogP contribution in [-0.2, 0) is 30.3 Å². The minimum atomic E-state index is -0.806. The van der Waals surface area contributed by atoms with Gasteiger partial charge in [0, 0.05) is 5.69 Å². The van der Waals surface area contributed by atoms with Crippen molar-refractivity contribution in [1.82, 2.24) is 0 Å². The first-order valence-electron chi connectivity index (χ1n) is 12.8. The van der Waals surface area contributed by atoms with Crippen molar-refractivity contribution < 1.29 is 33.2 Å². The lowest BCUT2D eigenvalue weighted by Gasteiger charge is -2.49. The number of β-lactam (4-membered cyclic amide) rings is 1. The maximum atomic E-state index is 13.5. The molecule has 0 bridgehead atoms. The Morgan fingerprint density at radius 3 is 2.21 bits per heavy atom. The molecule has 38 heavy (non-hydrogen) atoms. The van der Waals surface area contributed by atoms with E-state index in [0.717, 1.165) is 11.3 Å². The normalized spacial score (nSPS) is 29.6. The zero-order chi connectivity index (χ0) is 26.3. The van der Waals surface area contributed by atoms with Gasteiger partial charge in [0.05, 0.1) is 13.7 Å². The van der Waals surface area contributed by atoms with Crippen molar-refractivity contribution >= 4 is 11.6 Å². The van der Waals surface area contributed by atoms with E-state index in [0.29, 0.717) is 18.1 Å². The summed E-state index contributed by atoms with van der Waals surface area (Å²) in [4.78, 5) is 15.2. The smallest absolute Gasteiger partial charge is 0.270 e. The fourth-order valence-electron chi connectivity index (χ4n) is 5.35. The molecule has 6 rings (SSSR count). The van der Waals surface area contributed by atoms with Crippen molar-refractivity contribution in [3.8, 4) is 11.5 Å². The molecule has 3 saturated heterocycles. The second-order valence-corrected chi connectivity index (χ2v) is 10.1. The first-order chi connectivity index (χ1) is 18.4. The predicted molar refractivity (Wildman–Crippen MR) is 139 cm³/mol. The second kappa shape index (κ2) is 10.0. The Bertz CT molecular complexity index is 1250. The van der Waals surface area contributed by atoms with Gasteiger partial charge >= 0.3 is 0 Å². The van der Waals surface area contributed by atoms with Crippen LogP contribution in [0.15, 0.2) is 84.9 Å². The summed E-state index contributed by atoms with van der Waals surface area (Å²) in [6.07, 6.45) is -2.90. The van der Waals surface area contributed by atoms with E-state index in [9.17, 15) is 4.79 Å². The standard InChI is InChI=1S/C30H31NO7/c1-30(2)37-27-26(34-18-19-10-6-4-7-11-19)24(36-29(27)38-30)23-25(35-22-12-8-5-9-13-22)28(32)31(23)20-14-16-21(33-3)17-15-20/h4-17,23-27,29H,18H2,1-3H3/t23-,24+,25+,26+,27-,29-/m1/s1. The minimum absolute atomic E-state index is 0.159. The SMILES string of the molecule is COc1ccc(N2C(=O)[C@@H](Oc3ccccc3)[C@H]2[C@@H]2O[C@@H]3OC(C)(C)O[C@@H]3[C@H]2OCc2ccccc2)cc1. The molecule has 8 nitrogen and oxygen atoms in total. The van der Waals surface area contributed by atoms with Gasteiger partial charge in [-0.1, -0.05) is 48.5 Å². The van der Waals surface area contributed by atoms with Gasteiger partial charge in [-0.25, -0.2) is 0 Å². The third-order valence-corrected chi connectivity index (χ3v) is 7.09. The summed E-state index contributed by atoms with van der Waals surface area (Å²) >= 11 is 0. The highest BCUT2D eigenvalue weighted by atomic mass is 16.8. The number of benzene rings is 3. The summed E-state index contributed by atoms with van der Waals surface area (Å²) < 4.78 is 36.8. The number of para-hydroxylation sites is 1. The average Bonchev–Trinajstić information content (AvgIpc) is 3.41. The van der Waals surface area contributed by atoms with Crippen molar-refractivity contribution in [3.05, 3.63) is 90.5 Å². The second-order valence-electron chi connectivity index (χ2n) is 10.1. The van der Waals surface area contributed by atoms with Crippen LogP contribution in [0.25, 0.3) is 0 Å². The van der Waals surface area contributed by atoms with Crippen LogP contribution < -0.4 is 14.4 Å². The van der Waals surface area contributed by atoms with E-state index in [1.54, 1.807) is 12.0 Å². The lowest BCUT2D eigenvalue weighted by Crippen LogP contribution is -2.73. The fraction of sp³-hybridized carbons (Fsp3) is 0.367. The summed E-state index contributed by atoms with van der Waals surface area (Å²) in [7, 11) is 1.61. The number of amides is 1. The largest absolute Gasteiger partial charge is 0.497 e. The van der Waals surface area contributed by atoms with Crippen LogP contribution in [0.5, 0.6) is 11.5 Å². The highest BCUT2D eigenvalue weighted by Gasteiger charge is 2.64. The van der Waals surface area contributed by atoms with Crippen molar-refractivity contribution in [2.45, 2.75) is 63.0 Å². The van der Waals surface area contributed by atoms with Crippen LogP contribution in [0, 0.1) is 0 Å². The third kappa shape index (κ3) is 4.65. The Labute approximate surface area is 222 Å². The van der Waals surface area contributed by atoms with Crippen LogP contribution in [0.3, 0.4) is 0 Å². The topological polar surface area (TPSA) is 75.7 Å². The summed E-state index contributed by atoms with van der Waals surface area (Å²) in [6.45, 7) is 4.08. The molecule has 3 heterocycles. The summed E-state index contributed by atoms with van der Waals surface area (Å²) in [5.41, 5.74) is 1.75. The van der Waals surface area contributed by atoms with Gasteiger partial charge in [0.1, 0.15) is 35.9 Å². The lowest BCUT2D eigenvalue weighted by molar-refractivity contribution is -0.226. The molecule has 3 aromatic rings. The Kier molecular flexibility index (Phi) is 6.57. The molecule has 0 saturated carbocycles. The van der Waals surface area contributed by atoms with Gasteiger partial charge in [-0.15, -0.1) is 0 Å². The number of ether oxygens (including phenoxy) is 6. The number of nitrogens with zero attached hydrogens (tertiary/aromatic N) is 1. The number of hydrogen-bond donors (Lipinski definition) is 0. The summed E-state index contributed by atoms with van der Waals surface area (Å²) in [6, 6.07) is 26.2. The molecule has 0 radical (unpaired) electrons. The molecule has 0 aliphatic carbocycles. The number of carbonyl (C=O) groups is 1. The molecule has 0 aromatic heterocycles. The number of anilines is 1. The third-order valence-electron chi connectivity index (χ3n) is 7.09. The highest BCUT2D eigenvalue weighted by Crippen LogP contribution is 2.45. The Morgan fingerprint density at radius 1 is 0.842 bits per heavy atom. The monoisotopic (exact) mass is 517 g/mol. The van der Waals surface area contributed by atoms with Crippen LogP contribution >= 0.6 is 0 Å². The van der Waals surface area contributed by atoms with Gasteiger partial charge < -0.3 is 28.4 Å². The molecule has 3 aliphatic rings. The first kappa shape index (κ1) is 24.9. The number of hydrogen-bond acceptors (Lipinski definition) is 7. The fourth-order valence-corrected chi connectivity index (χ4v) is 5.35. The minimum Gasteiger partial charge on any atom is -0.497 e. The maximum Gasteiger partial charge on any atom is 0.270 e. The Balaban J connectivity index is 1.32. The zero-order valence-electron chi connectivity index (χ0n) is 21.6. The van der Waals surface area contributed by atoms with Gasteiger partial charge in [-0.3, -0.25) is 9.69 Å². The van der Waals surface area contributed by atoms with Crippen LogP contribution in [-0.4, -0.2) is 55.6 Å². The number of fused-ring (bicyclic) bond motifs is 1. The lowest BCUT2D eigenvalue weighted by atomic mass is 9.88. The van der Waals surface area contributed by atoms with E-state index in [4.69, 9.17) is 28.4 Å². The summed E-state index contributed by atoms with van der Waals surface area (Å²) in [5.74, 6) is 0.349. The molecular formula is C30H31NO7. The number of rotatable bonds is 8. The van der Waals surface area contributed by atoms with Crippen LogP contribution in [0.2, 0.25) is 0 Å². The zero-order valence-corrected chi connectivity index (χ0v) is 21.6. The van der Waals surface area contributed by atoms with E-state index in [1.165, 1.54) is 0 Å². The van der Waals surface area contributed by atoms with Crippen LogP contribution in [0.4, 0.5) is 5.69 Å². The molecule has 6 atom stereocenters. The van der Waals surface area contributed by atoms with E-state index < -0.39 is 42.5 Å². The van der Waals surface area contributed by atoms with E-state index in [-0.39, 0.29) is 5.91 Å². The van der Waals surface area contributed by atoms with Gasteiger partial charge in [0.25, 0.3) is 5.91 Å². The maximum absolute atomic E-state index is 13.5. The number of carbonyl (C=O) groups excluding carboxylic acids is 1. The summed E-state index contributed by atoms with van der Waals surface area (Å²) in [5, 5.41) is 0. The molecule has 8 heteroatoms. The quantitative estimate of drug-likeness (QED) is 0.412. The van der Waals surface area contributed by atoms with Gasteiger partial charge in [0.2, 0.25) is 6.10 Å². The first-order valence-corrected chi connectivity index (χ1v) is 12.8. The molecule has 0 N–H and O–H groups in total. The van der Waals surface area contributed by atoms with Gasteiger partial charge in [-0.05, 0) is 55.8 Å². The van der Waals surface area contributed by atoms with E-state index in [2.05, 4.69) is 0 Å². The van der Waals surface area contributed by atoms with Crippen molar-refractivity contribution in [2.24, 2.45) is 0 Å². The average molecular weight is 518 g/mol. The Morgan fingerprint density at radius 2 is 1.53 bits per heavy atom. The van der Waals surface area contributed by atoms with Crippen LogP contribution in [0.1, 0.15) is 19.4 Å². The number of methoxy groups -OCH3 is 1. The predicted octanol–water partition coefficient (Wildman–Crippen LogP) is 4.32. The molecule has 0 unspecified atom stereocenters. The molecule has 3 aromatic carbocycles. The molecule has 198 valence electrons. The van der Waals surface area contributed by atoms with Crippen molar-refractivity contribution in [3.63, 3.8) is 0 Å².